The number of phosphoric ester groups is 1. The second kappa shape index (κ2) is 77.1. The van der Waals surface area contributed by atoms with Crippen molar-refractivity contribution < 1.29 is 42.1 Å². The number of ether oxygens (including phenoxy) is 2. The molecular formula is C88H153NO8P+. The van der Waals surface area contributed by atoms with E-state index in [1.165, 1.54) is 193 Å². The molecule has 1 N–H and O–H groups in total. The van der Waals surface area contributed by atoms with Crippen LogP contribution in [0.4, 0.5) is 0 Å². The first kappa shape index (κ1) is 93.9. The molecule has 0 rings (SSSR count). The first-order valence-corrected chi connectivity index (χ1v) is 42.1. The van der Waals surface area contributed by atoms with E-state index in [9.17, 15) is 19.0 Å². The summed E-state index contributed by atoms with van der Waals surface area (Å²) >= 11 is 0. The SMILES string of the molecule is CC/C=C\C/C=C\C/C=C\C/C=C\C/C=C\C/C=C\C/C=C\C/C=C\CCCCCCCCCCCCC(=O)OC(COC(=O)CCCCCCCCCCCCCCCCCCCCCCCCCCCC/C=C\C/C=C\C/C=C\C/C=C\CC)COP(=O)(O)OCC[N+](C)(C)C. The fourth-order valence-electron chi connectivity index (χ4n) is 11.3. The maximum absolute atomic E-state index is 12.9. The molecule has 10 heteroatoms. The van der Waals surface area contributed by atoms with Crippen molar-refractivity contribution in [3.05, 3.63) is 146 Å². The number of likely N-dealkylation sites (N-methyl/N-ethyl adjacent to an activating group) is 1. The van der Waals surface area contributed by atoms with E-state index < -0.39 is 26.5 Å². The topological polar surface area (TPSA) is 108 Å². The standard InChI is InChI=1S/C88H152NO8P/c1-6-8-10-12-14-16-18-20-22-24-26-28-30-32-34-36-38-40-42-43-44-45-47-48-50-52-54-56-58-60-62-64-66-68-70-72-74-76-78-80-87(90)94-84-86(85-96-98(92,93)95-83-82-89(3,4)5)97-88(91)81-79-77-75-73-71-69-67-65-63-61-59-57-55-53-51-49-46-41-39-37-35-33-31-29-27-25-23-21-19-17-15-13-11-9-7-2/h8-11,14-17,20-23,26-29,33,35,39,41,49,51,55,57,86H,6-7,12-13,18-19,24-25,30-32,34,36-38,40,42-48,50,52-54,56,58-85H2,1-5H3/p+1/b10-8-,11-9-,16-14-,17-15-,22-20-,23-21-,28-26-,29-27-,35-33-,41-39-,51-49-,57-55-. The molecule has 0 bridgehead atoms. The van der Waals surface area contributed by atoms with Gasteiger partial charge < -0.3 is 18.9 Å². The van der Waals surface area contributed by atoms with Gasteiger partial charge in [-0.3, -0.25) is 18.6 Å². The van der Waals surface area contributed by atoms with Crippen LogP contribution >= 0.6 is 7.82 Å². The van der Waals surface area contributed by atoms with Gasteiger partial charge in [-0.2, -0.15) is 0 Å². The summed E-state index contributed by atoms with van der Waals surface area (Å²) < 4.78 is 34.8. The number of hydrogen-bond acceptors (Lipinski definition) is 7. The molecule has 2 unspecified atom stereocenters. The molecule has 0 spiro atoms. The highest BCUT2D eigenvalue weighted by Gasteiger charge is 2.27. The molecule has 0 saturated carbocycles. The van der Waals surface area contributed by atoms with E-state index in [0.29, 0.717) is 17.4 Å². The van der Waals surface area contributed by atoms with E-state index >= 15 is 0 Å². The third-order valence-corrected chi connectivity index (χ3v) is 18.3. The van der Waals surface area contributed by atoms with Crippen molar-refractivity contribution >= 4 is 19.8 Å². The zero-order chi connectivity index (χ0) is 71.1. The fraction of sp³-hybridized carbons (Fsp3) is 0.705. The summed E-state index contributed by atoms with van der Waals surface area (Å²) in [7, 11) is 1.47. The van der Waals surface area contributed by atoms with Crippen molar-refractivity contribution in [2.45, 2.75) is 354 Å². The molecule has 9 nitrogen and oxygen atoms in total. The van der Waals surface area contributed by atoms with Crippen molar-refractivity contribution in [1.29, 1.82) is 0 Å². The second-order valence-corrected chi connectivity index (χ2v) is 29.5. The number of phosphoric acid groups is 1. The van der Waals surface area contributed by atoms with Crippen LogP contribution in [-0.2, 0) is 32.7 Å². The number of hydrogen-bond donors (Lipinski definition) is 1. The molecule has 2 atom stereocenters. The number of quaternary nitrogens is 1. The Labute approximate surface area is 605 Å². The Hall–Kier alpha value is -4.11. The molecule has 0 aliphatic heterocycles. The molecule has 0 aromatic rings. The summed E-state index contributed by atoms with van der Waals surface area (Å²) in [5.41, 5.74) is 0. The van der Waals surface area contributed by atoms with Crippen molar-refractivity contribution in [3.63, 3.8) is 0 Å². The minimum absolute atomic E-state index is 0.0267. The lowest BCUT2D eigenvalue weighted by Crippen LogP contribution is -2.37. The summed E-state index contributed by atoms with van der Waals surface area (Å²) in [4.78, 5) is 36.0. The van der Waals surface area contributed by atoms with Gasteiger partial charge in [-0.05, 0) is 116 Å². The van der Waals surface area contributed by atoms with Crippen LogP contribution < -0.4 is 0 Å². The highest BCUT2D eigenvalue weighted by Crippen LogP contribution is 2.43. The van der Waals surface area contributed by atoms with Gasteiger partial charge in [-0.1, -0.05) is 365 Å². The number of carbonyl (C=O) groups is 2. The third-order valence-electron chi connectivity index (χ3n) is 17.4. The summed E-state index contributed by atoms with van der Waals surface area (Å²) in [5, 5.41) is 0. The first-order chi connectivity index (χ1) is 48.0. The van der Waals surface area contributed by atoms with Crippen LogP contribution in [0, 0.1) is 0 Å². The number of nitrogens with zero attached hydrogens (tertiary/aromatic N) is 1. The predicted octanol–water partition coefficient (Wildman–Crippen LogP) is 27.3. The molecule has 0 aliphatic carbocycles. The van der Waals surface area contributed by atoms with Gasteiger partial charge in [-0.15, -0.1) is 0 Å². The average Bonchev–Trinajstić information content (AvgIpc) is 1.08. The van der Waals surface area contributed by atoms with Gasteiger partial charge in [0, 0.05) is 12.8 Å². The van der Waals surface area contributed by atoms with Gasteiger partial charge in [0.2, 0.25) is 0 Å². The third kappa shape index (κ3) is 80.9. The largest absolute Gasteiger partial charge is 0.472 e. The molecular weight excluding hydrogens is 1230 g/mol. The number of esters is 2. The average molecular weight is 1380 g/mol. The Kier molecular flexibility index (Phi) is 73.8. The fourth-order valence-corrected chi connectivity index (χ4v) is 12.0. The van der Waals surface area contributed by atoms with Crippen LogP contribution in [0.3, 0.4) is 0 Å². The van der Waals surface area contributed by atoms with E-state index in [2.05, 4.69) is 160 Å². The molecule has 98 heavy (non-hydrogen) atoms. The Morgan fingerprint density at radius 1 is 0.316 bits per heavy atom. The number of unbranched alkanes of at least 4 members (excludes halogenated alkanes) is 36. The maximum Gasteiger partial charge on any atom is 0.472 e. The van der Waals surface area contributed by atoms with Crippen LogP contribution in [0.1, 0.15) is 348 Å². The Bertz CT molecular complexity index is 2170. The van der Waals surface area contributed by atoms with E-state index in [0.717, 1.165) is 122 Å². The quantitative estimate of drug-likeness (QED) is 0.0211. The van der Waals surface area contributed by atoms with Gasteiger partial charge in [0.25, 0.3) is 0 Å². The summed E-state index contributed by atoms with van der Waals surface area (Å²) in [6.45, 7) is 4.23. The monoisotopic (exact) mass is 1380 g/mol. The van der Waals surface area contributed by atoms with Gasteiger partial charge in [-0.25, -0.2) is 4.57 Å². The second-order valence-electron chi connectivity index (χ2n) is 28.0. The Morgan fingerprint density at radius 3 is 0.816 bits per heavy atom. The van der Waals surface area contributed by atoms with Gasteiger partial charge in [0.15, 0.2) is 6.10 Å². The highest BCUT2D eigenvalue weighted by molar-refractivity contribution is 7.47. The molecule has 0 aromatic carbocycles. The van der Waals surface area contributed by atoms with Crippen LogP contribution in [0.2, 0.25) is 0 Å². The smallest absolute Gasteiger partial charge is 0.462 e. The van der Waals surface area contributed by atoms with Crippen molar-refractivity contribution in [1.82, 2.24) is 0 Å². The van der Waals surface area contributed by atoms with E-state index in [-0.39, 0.29) is 32.0 Å². The lowest BCUT2D eigenvalue weighted by atomic mass is 10.0. The minimum atomic E-state index is -4.40. The molecule has 0 aromatic heterocycles. The van der Waals surface area contributed by atoms with Crippen LogP contribution in [0.25, 0.3) is 0 Å². The van der Waals surface area contributed by atoms with Crippen molar-refractivity contribution in [2.75, 3.05) is 47.5 Å². The molecule has 0 heterocycles. The van der Waals surface area contributed by atoms with Crippen LogP contribution in [0.15, 0.2) is 146 Å². The lowest BCUT2D eigenvalue weighted by molar-refractivity contribution is -0.870. The highest BCUT2D eigenvalue weighted by atomic mass is 31.2. The number of carbonyl (C=O) groups excluding carboxylic acids is 2. The summed E-state index contributed by atoms with van der Waals surface area (Å²) in [5.74, 6) is -0.795. The minimum Gasteiger partial charge on any atom is -0.462 e. The van der Waals surface area contributed by atoms with E-state index in [1.54, 1.807) is 0 Å². The lowest BCUT2D eigenvalue weighted by Gasteiger charge is -2.24. The molecule has 0 saturated heterocycles. The van der Waals surface area contributed by atoms with Gasteiger partial charge in [0.1, 0.15) is 19.8 Å². The Morgan fingerprint density at radius 2 is 0.551 bits per heavy atom. The molecule has 0 radical (unpaired) electrons. The summed E-state index contributed by atoms with van der Waals surface area (Å²) in [6, 6.07) is 0. The molecule has 0 aliphatic rings. The maximum atomic E-state index is 12.9. The zero-order valence-corrected chi connectivity index (χ0v) is 65.1. The van der Waals surface area contributed by atoms with Crippen molar-refractivity contribution in [3.8, 4) is 0 Å². The summed E-state index contributed by atoms with van der Waals surface area (Å²) in [6.07, 6.45) is 114. The zero-order valence-electron chi connectivity index (χ0n) is 64.2. The molecule has 0 amide bonds. The van der Waals surface area contributed by atoms with Crippen LogP contribution in [-0.4, -0.2) is 74.9 Å². The molecule has 562 valence electrons. The van der Waals surface area contributed by atoms with Crippen molar-refractivity contribution in [2.24, 2.45) is 0 Å². The van der Waals surface area contributed by atoms with E-state index in [4.69, 9.17) is 18.5 Å². The first-order valence-electron chi connectivity index (χ1n) is 40.6. The normalized spacial score (nSPS) is 13.8. The molecule has 0 fully saturated rings. The predicted molar refractivity (Wildman–Crippen MR) is 427 cm³/mol. The number of rotatable bonds is 74. The van der Waals surface area contributed by atoms with E-state index in [1.807, 2.05) is 21.1 Å². The van der Waals surface area contributed by atoms with Gasteiger partial charge >= 0.3 is 19.8 Å². The number of allylic oxidation sites excluding steroid dienone is 24. The Balaban J connectivity index is 3.97. The van der Waals surface area contributed by atoms with Crippen LogP contribution in [0.5, 0.6) is 0 Å². The van der Waals surface area contributed by atoms with Gasteiger partial charge in [0.05, 0.1) is 27.7 Å².